The number of hydrogen-bond acceptors (Lipinski definition) is 6. The monoisotopic (exact) mass is 333 g/mol. The topological polar surface area (TPSA) is 122 Å². The Morgan fingerprint density at radius 1 is 1.46 bits per heavy atom. The Morgan fingerprint density at radius 2 is 2.17 bits per heavy atom. The first kappa shape index (κ1) is 17.0. The minimum atomic E-state index is -0.765. The van der Waals surface area contributed by atoms with Crippen LogP contribution in [-0.2, 0) is 4.79 Å². The molecule has 24 heavy (non-hydrogen) atoms. The number of urea groups is 1. The van der Waals surface area contributed by atoms with Gasteiger partial charge in [-0.2, -0.15) is 0 Å². The predicted molar refractivity (Wildman–Crippen MR) is 84.3 cm³/mol. The maximum absolute atomic E-state index is 12.1. The van der Waals surface area contributed by atoms with Crippen molar-refractivity contribution in [2.75, 3.05) is 13.2 Å². The number of amides is 3. The molecule has 1 aliphatic rings. The van der Waals surface area contributed by atoms with Crippen molar-refractivity contribution < 1.29 is 24.4 Å². The van der Waals surface area contributed by atoms with Crippen LogP contribution in [0.2, 0.25) is 0 Å². The normalized spacial score (nSPS) is 15.5. The summed E-state index contributed by atoms with van der Waals surface area (Å²) in [5, 5.41) is 23.3. The van der Waals surface area contributed by atoms with Crippen molar-refractivity contribution in [1.82, 2.24) is 10.2 Å². The SMILES string of the molecule is C=CCN1C(=O)N/C(=C/c2cc(OCC)c(O)c([N+](=O)[O-])c2)C1=O. The molecule has 0 atom stereocenters. The summed E-state index contributed by atoms with van der Waals surface area (Å²) in [4.78, 5) is 35.0. The van der Waals surface area contributed by atoms with Gasteiger partial charge in [-0.1, -0.05) is 6.08 Å². The van der Waals surface area contributed by atoms with E-state index in [1.807, 2.05) is 0 Å². The molecule has 0 saturated carbocycles. The second-order valence-electron chi connectivity index (χ2n) is 4.77. The summed E-state index contributed by atoms with van der Waals surface area (Å²) in [6.07, 6.45) is 2.68. The van der Waals surface area contributed by atoms with Crippen molar-refractivity contribution in [3.63, 3.8) is 0 Å². The molecule has 1 aliphatic heterocycles. The van der Waals surface area contributed by atoms with Crippen LogP contribution in [0.4, 0.5) is 10.5 Å². The van der Waals surface area contributed by atoms with Gasteiger partial charge >= 0.3 is 11.7 Å². The fourth-order valence-electron chi connectivity index (χ4n) is 2.14. The van der Waals surface area contributed by atoms with E-state index in [1.54, 1.807) is 6.92 Å². The van der Waals surface area contributed by atoms with Crippen molar-refractivity contribution in [1.29, 1.82) is 0 Å². The fraction of sp³-hybridized carbons (Fsp3) is 0.200. The summed E-state index contributed by atoms with van der Waals surface area (Å²) in [7, 11) is 0. The molecule has 1 aromatic carbocycles. The Balaban J connectivity index is 2.45. The number of carbonyl (C=O) groups is 2. The van der Waals surface area contributed by atoms with E-state index in [0.717, 1.165) is 11.0 Å². The van der Waals surface area contributed by atoms with Crippen LogP contribution in [0, 0.1) is 10.1 Å². The molecule has 1 fully saturated rings. The Kier molecular flexibility index (Phi) is 4.83. The highest BCUT2D eigenvalue weighted by atomic mass is 16.6. The zero-order valence-electron chi connectivity index (χ0n) is 12.8. The first-order valence-electron chi connectivity index (χ1n) is 6.98. The minimum Gasteiger partial charge on any atom is -0.500 e. The third kappa shape index (κ3) is 3.19. The molecule has 126 valence electrons. The van der Waals surface area contributed by atoms with Gasteiger partial charge in [0.2, 0.25) is 5.75 Å². The van der Waals surface area contributed by atoms with Crippen LogP contribution in [0.25, 0.3) is 6.08 Å². The van der Waals surface area contributed by atoms with Gasteiger partial charge in [0, 0.05) is 12.6 Å². The van der Waals surface area contributed by atoms with Gasteiger partial charge in [0.25, 0.3) is 5.91 Å². The second-order valence-corrected chi connectivity index (χ2v) is 4.77. The van der Waals surface area contributed by atoms with Crippen LogP contribution >= 0.6 is 0 Å². The molecular formula is C15H15N3O6. The van der Waals surface area contributed by atoms with E-state index in [1.165, 1.54) is 18.2 Å². The summed E-state index contributed by atoms with van der Waals surface area (Å²) in [6.45, 7) is 5.35. The molecule has 0 aliphatic carbocycles. The van der Waals surface area contributed by atoms with E-state index in [0.29, 0.717) is 0 Å². The minimum absolute atomic E-state index is 0.0377. The standard InChI is InChI=1S/C15H15N3O6/c1-3-5-17-14(20)10(16-15(17)21)6-9-7-11(18(22)23)13(19)12(8-9)24-4-2/h3,6-8,19H,1,4-5H2,2H3,(H,16,21)/b10-6+. The number of nitro benzene ring substituents is 1. The smallest absolute Gasteiger partial charge is 0.329 e. The summed E-state index contributed by atoms with van der Waals surface area (Å²) < 4.78 is 5.16. The lowest BCUT2D eigenvalue weighted by Gasteiger charge is -2.08. The maximum Gasteiger partial charge on any atom is 0.329 e. The number of imide groups is 1. The molecule has 9 nitrogen and oxygen atoms in total. The highest BCUT2D eigenvalue weighted by Gasteiger charge is 2.32. The zero-order valence-corrected chi connectivity index (χ0v) is 12.8. The third-order valence-electron chi connectivity index (χ3n) is 3.16. The lowest BCUT2D eigenvalue weighted by Crippen LogP contribution is -2.30. The van der Waals surface area contributed by atoms with Crippen molar-refractivity contribution in [2.45, 2.75) is 6.92 Å². The van der Waals surface area contributed by atoms with E-state index in [-0.39, 0.29) is 30.2 Å². The van der Waals surface area contributed by atoms with Gasteiger partial charge < -0.3 is 15.2 Å². The molecule has 9 heteroatoms. The molecular weight excluding hydrogens is 318 g/mol. The van der Waals surface area contributed by atoms with Crippen molar-refractivity contribution in [3.05, 3.63) is 46.2 Å². The number of nitrogens with one attached hydrogen (secondary N) is 1. The molecule has 2 rings (SSSR count). The Bertz CT molecular complexity index is 756. The summed E-state index contributed by atoms with van der Waals surface area (Å²) in [6, 6.07) is 1.82. The van der Waals surface area contributed by atoms with Gasteiger partial charge in [0.1, 0.15) is 5.70 Å². The third-order valence-corrected chi connectivity index (χ3v) is 3.16. The molecule has 1 saturated heterocycles. The van der Waals surface area contributed by atoms with E-state index < -0.39 is 28.3 Å². The molecule has 0 bridgehead atoms. The fourth-order valence-corrected chi connectivity index (χ4v) is 2.14. The Labute approximate surface area is 137 Å². The quantitative estimate of drug-likeness (QED) is 0.269. The molecule has 0 radical (unpaired) electrons. The maximum atomic E-state index is 12.1. The highest BCUT2D eigenvalue weighted by molar-refractivity contribution is 6.14. The van der Waals surface area contributed by atoms with Gasteiger partial charge in [0.15, 0.2) is 5.75 Å². The molecule has 0 aromatic heterocycles. The van der Waals surface area contributed by atoms with E-state index in [9.17, 15) is 24.8 Å². The van der Waals surface area contributed by atoms with E-state index in [4.69, 9.17) is 4.74 Å². The number of phenols is 1. The molecule has 0 spiro atoms. The van der Waals surface area contributed by atoms with Gasteiger partial charge in [-0.15, -0.1) is 6.58 Å². The molecule has 2 N–H and O–H groups in total. The van der Waals surface area contributed by atoms with Crippen molar-refractivity contribution in [3.8, 4) is 11.5 Å². The first-order chi connectivity index (χ1) is 11.4. The summed E-state index contributed by atoms with van der Waals surface area (Å²) in [5.41, 5.74) is -0.371. The Morgan fingerprint density at radius 3 is 2.75 bits per heavy atom. The number of nitrogens with zero attached hydrogens (tertiary/aromatic N) is 2. The number of rotatable bonds is 6. The van der Waals surface area contributed by atoms with E-state index >= 15 is 0 Å². The van der Waals surface area contributed by atoms with Gasteiger partial charge in [0.05, 0.1) is 11.5 Å². The number of nitro groups is 1. The first-order valence-corrected chi connectivity index (χ1v) is 6.98. The summed E-state index contributed by atoms with van der Waals surface area (Å²) in [5.74, 6) is -1.26. The summed E-state index contributed by atoms with van der Waals surface area (Å²) >= 11 is 0. The number of hydrogen-bond donors (Lipinski definition) is 2. The molecule has 0 unspecified atom stereocenters. The lowest BCUT2D eigenvalue weighted by molar-refractivity contribution is -0.386. The number of phenolic OH excluding ortho intramolecular Hbond substituents is 1. The van der Waals surface area contributed by atoms with E-state index in [2.05, 4.69) is 11.9 Å². The number of aromatic hydroxyl groups is 1. The average Bonchev–Trinajstić information content (AvgIpc) is 2.78. The van der Waals surface area contributed by atoms with Gasteiger partial charge in [-0.25, -0.2) is 4.79 Å². The number of ether oxygens (including phenoxy) is 1. The number of benzene rings is 1. The molecule has 1 aromatic rings. The van der Waals surface area contributed by atoms with Crippen LogP contribution in [0.5, 0.6) is 11.5 Å². The second kappa shape index (κ2) is 6.82. The number of carbonyl (C=O) groups excluding carboxylic acids is 2. The average molecular weight is 333 g/mol. The van der Waals surface area contributed by atoms with Crippen molar-refractivity contribution >= 4 is 23.7 Å². The van der Waals surface area contributed by atoms with Crippen LogP contribution in [0.3, 0.4) is 0 Å². The highest BCUT2D eigenvalue weighted by Crippen LogP contribution is 2.37. The largest absolute Gasteiger partial charge is 0.500 e. The van der Waals surface area contributed by atoms with Crippen LogP contribution in [-0.4, -0.2) is 40.0 Å². The lowest BCUT2D eigenvalue weighted by atomic mass is 10.1. The van der Waals surface area contributed by atoms with Gasteiger partial charge in [-0.3, -0.25) is 19.8 Å². The van der Waals surface area contributed by atoms with Crippen LogP contribution in [0.15, 0.2) is 30.5 Å². The van der Waals surface area contributed by atoms with Crippen LogP contribution in [0.1, 0.15) is 12.5 Å². The van der Waals surface area contributed by atoms with Crippen LogP contribution < -0.4 is 10.1 Å². The van der Waals surface area contributed by atoms with Crippen molar-refractivity contribution in [2.24, 2.45) is 0 Å². The Hall–Kier alpha value is -3.36. The predicted octanol–water partition coefficient (Wildman–Crippen LogP) is 1.78. The zero-order chi connectivity index (χ0) is 17.9. The van der Waals surface area contributed by atoms with Gasteiger partial charge in [-0.05, 0) is 24.6 Å². The molecule has 3 amide bonds. The molecule has 1 heterocycles.